The predicted octanol–water partition coefficient (Wildman–Crippen LogP) is 18.3. The molecule has 0 aliphatic carbocycles. The van der Waals surface area contributed by atoms with Crippen molar-refractivity contribution in [3.05, 3.63) is 95.1 Å². The molecular formula is C61H98O8. The highest BCUT2D eigenvalue weighted by Gasteiger charge is 2.18. The second-order valence-corrected chi connectivity index (χ2v) is 20.2. The molecule has 0 aliphatic rings. The first-order valence-electron chi connectivity index (χ1n) is 27.0. The van der Waals surface area contributed by atoms with Crippen LogP contribution in [0.1, 0.15) is 250 Å². The lowest BCUT2D eigenvalue weighted by Crippen LogP contribution is -2.10. The fourth-order valence-corrected chi connectivity index (χ4v) is 8.92. The minimum absolute atomic E-state index is 0.141. The van der Waals surface area contributed by atoms with E-state index < -0.39 is 0 Å². The highest BCUT2D eigenvalue weighted by Crippen LogP contribution is 2.35. The van der Waals surface area contributed by atoms with Crippen LogP contribution in [-0.2, 0) is 0 Å². The molecule has 0 fully saturated rings. The molecule has 0 amide bonds. The molecule has 4 aromatic carbocycles. The maximum atomic E-state index is 9.49. The third-order valence-corrected chi connectivity index (χ3v) is 13.8. The molecule has 4 aromatic rings. The van der Waals surface area contributed by atoms with Crippen LogP contribution in [0.15, 0.2) is 72.8 Å². The number of unbranched alkanes of at least 4 members (excludes halogenated alkanes) is 12. The average Bonchev–Trinajstić information content (AvgIpc) is 3.29. The van der Waals surface area contributed by atoms with Crippen molar-refractivity contribution in [3.63, 3.8) is 0 Å². The van der Waals surface area contributed by atoms with Gasteiger partial charge in [-0.3, -0.25) is 0 Å². The highest BCUT2D eigenvalue weighted by molar-refractivity contribution is 5.40. The Labute approximate surface area is 419 Å². The molecule has 0 aromatic heterocycles. The molecule has 0 spiro atoms. The normalized spacial score (nSPS) is 13.5. The Bertz CT molecular complexity index is 1850. The van der Waals surface area contributed by atoms with Crippen molar-refractivity contribution >= 4 is 0 Å². The molecule has 8 nitrogen and oxygen atoms in total. The van der Waals surface area contributed by atoms with Gasteiger partial charge in [0.05, 0.1) is 0 Å². The van der Waals surface area contributed by atoms with Crippen LogP contribution in [0.25, 0.3) is 0 Å². The Morgan fingerprint density at radius 3 is 0.942 bits per heavy atom. The number of hydrogen-bond donors (Lipinski definition) is 8. The van der Waals surface area contributed by atoms with Crippen LogP contribution >= 0.6 is 0 Å². The lowest BCUT2D eigenvalue weighted by Gasteiger charge is -2.23. The quantitative estimate of drug-likeness (QED) is 0.0274. The summed E-state index contributed by atoms with van der Waals surface area (Å²) in [4.78, 5) is 0. The van der Waals surface area contributed by atoms with Gasteiger partial charge in [0.25, 0.3) is 0 Å². The lowest BCUT2D eigenvalue weighted by molar-refractivity contribution is 0.363. The number of benzene rings is 4. The molecule has 6 atom stereocenters. The molecule has 0 saturated heterocycles. The number of rotatable bonds is 27. The van der Waals surface area contributed by atoms with E-state index in [2.05, 4.69) is 69.2 Å². The molecule has 69 heavy (non-hydrogen) atoms. The number of hydrogen-bond acceptors (Lipinski definition) is 8. The molecule has 8 N–H and O–H groups in total. The van der Waals surface area contributed by atoms with Gasteiger partial charge in [-0.25, -0.2) is 0 Å². The summed E-state index contributed by atoms with van der Waals surface area (Å²) in [6, 6.07) is 19.5. The van der Waals surface area contributed by atoms with Crippen molar-refractivity contribution in [3.8, 4) is 46.0 Å². The summed E-state index contributed by atoms with van der Waals surface area (Å²) in [5.41, 5.74) is 4.12. The van der Waals surface area contributed by atoms with E-state index in [0.717, 1.165) is 53.9 Å². The number of phenols is 8. The Balaban J connectivity index is 0.000000460. The van der Waals surface area contributed by atoms with Crippen LogP contribution in [0.3, 0.4) is 0 Å². The van der Waals surface area contributed by atoms with Crippen molar-refractivity contribution < 1.29 is 40.9 Å². The van der Waals surface area contributed by atoms with Crippen LogP contribution in [0.5, 0.6) is 46.0 Å². The van der Waals surface area contributed by atoms with Crippen LogP contribution in [0.2, 0.25) is 0 Å². The van der Waals surface area contributed by atoms with Crippen LogP contribution < -0.4 is 0 Å². The summed E-state index contributed by atoms with van der Waals surface area (Å²) in [7, 11) is 0. The summed E-state index contributed by atoms with van der Waals surface area (Å²) in [5.74, 6) is 4.07. The van der Waals surface area contributed by atoms with Gasteiger partial charge in [-0.15, -0.1) is 0 Å². The van der Waals surface area contributed by atoms with E-state index >= 15 is 0 Å². The minimum atomic E-state index is 0.141. The van der Waals surface area contributed by atoms with Gasteiger partial charge in [0.1, 0.15) is 46.0 Å². The summed E-state index contributed by atoms with van der Waals surface area (Å²) in [6.07, 6.45) is 26.1. The summed E-state index contributed by atoms with van der Waals surface area (Å²) in [6.45, 7) is 22.0. The van der Waals surface area contributed by atoms with E-state index in [9.17, 15) is 40.9 Å². The minimum Gasteiger partial charge on any atom is -0.508 e. The van der Waals surface area contributed by atoms with Gasteiger partial charge < -0.3 is 40.9 Å². The topological polar surface area (TPSA) is 162 Å². The zero-order valence-corrected chi connectivity index (χ0v) is 44.8. The Morgan fingerprint density at radius 2 is 0.609 bits per heavy atom. The Hall–Kier alpha value is -4.72. The smallest absolute Gasteiger partial charge is 0.119 e. The van der Waals surface area contributed by atoms with E-state index in [4.69, 9.17) is 0 Å². The van der Waals surface area contributed by atoms with Gasteiger partial charge in [-0.1, -0.05) is 172 Å². The van der Waals surface area contributed by atoms with Crippen LogP contribution in [-0.4, -0.2) is 40.9 Å². The SMILES string of the molecule is CCC(C)CC(C)C(C)c1cc(O)cc(O)c1.CCCCCCC(CC)c1cc(O)cc(O)c1.CCCCCCCC(C)c1cc(O)cc(O)c1.CCCCCCCCC(C)c1cc(O)cc(O)c1. The number of aromatic hydroxyl groups is 8. The first kappa shape index (κ1) is 62.3. The molecule has 6 unspecified atom stereocenters. The van der Waals surface area contributed by atoms with Crippen molar-refractivity contribution in [2.24, 2.45) is 11.8 Å². The monoisotopic (exact) mass is 959 g/mol. The van der Waals surface area contributed by atoms with E-state index in [1.165, 1.54) is 133 Å². The summed E-state index contributed by atoms with van der Waals surface area (Å²) < 4.78 is 0. The molecule has 0 radical (unpaired) electrons. The first-order chi connectivity index (χ1) is 32.9. The van der Waals surface area contributed by atoms with Gasteiger partial charge in [0, 0.05) is 24.3 Å². The van der Waals surface area contributed by atoms with Gasteiger partial charge >= 0.3 is 0 Å². The summed E-state index contributed by atoms with van der Waals surface area (Å²) in [5, 5.41) is 75.7. The Kier molecular flexibility index (Phi) is 32.7. The number of phenolic OH excluding ortho intramolecular Hbond substituents is 8. The van der Waals surface area contributed by atoms with Crippen molar-refractivity contribution in [1.82, 2.24) is 0 Å². The molecule has 390 valence electrons. The lowest BCUT2D eigenvalue weighted by atomic mass is 9.82. The Morgan fingerprint density at radius 1 is 0.319 bits per heavy atom. The van der Waals surface area contributed by atoms with E-state index in [1.807, 2.05) is 0 Å². The summed E-state index contributed by atoms with van der Waals surface area (Å²) >= 11 is 0. The predicted molar refractivity (Wildman–Crippen MR) is 291 cm³/mol. The second kappa shape index (κ2) is 36.3. The second-order valence-electron chi connectivity index (χ2n) is 20.2. The van der Waals surface area contributed by atoms with Crippen molar-refractivity contribution in [2.45, 2.75) is 228 Å². The van der Waals surface area contributed by atoms with E-state index in [1.54, 1.807) is 48.5 Å². The zero-order valence-electron chi connectivity index (χ0n) is 44.8. The van der Waals surface area contributed by atoms with E-state index in [-0.39, 0.29) is 46.0 Å². The van der Waals surface area contributed by atoms with Crippen molar-refractivity contribution in [2.75, 3.05) is 0 Å². The largest absolute Gasteiger partial charge is 0.508 e. The molecule has 4 rings (SSSR count). The van der Waals surface area contributed by atoms with Crippen LogP contribution in [0.4, 0.5) is 0 Å². The maximum Gasteiger partial charge on any atom is 0.119 e. The highest BCUT2D eigenvalue weighted by atomic mass is 16.3. The molecule has 0 bridgehead atoms. The fourth-order valence-electron chi connectivity index (χ4n) is 8.92. The van der Waals surface area contributed by atoms with Crippen LogP contribution in [0, 0.1) is 11.8 Å². The van der Waals surface area contributed by atoms with Gasteiger partial charge in [0.2, 0.25) is 0 Å². The standard InChI is InChI=1S/C16H26O2.3C15H24O2/c1-3-4-5-6-7-8-9-13(2)14-10-15(17)12-16(18)11-14;1-5-10(2)6-11(3)12(4)13-7-14(16)9-15(17)8-13;1-3-4-5-6-7-8-12(2)13-9-14(16)11-15(17)10-13;1-3-5-6-7-8-12(4-2)13-9-14(16)11-15(17)10-13/h10-13,17-18H,3-9H2,1-2H3;7-12,16-17H,5-6H2,1-4H3;2*9-12,16-17H,3-8H2,1-2H3. The fraction of sp³-hybridized carbons (Fsp3) is 0.607. The van der Waals surface area contributed by atoms with Gasteiger partial charge in [0.15, 0.2) is 0 Å². The maximum absolute atomic E-state index is 9.49. The third kappa shape index (κ3) is 27.9. The molecule has 0 aliphatic heterocycles. The molecule has 8 heteroatoms. The third-order valence-electron chi connectivity index (χ3n) is 13.8. The van der Waals surface area contributed by atoms with Crippen molar-refractivity contribution in [1.29, 1.82) is 0 Å². The zero-order chi connectivity index (χ0) is 51.7. The molecule has 0 heterocycles. The average molecular weight is 959 g/mol. The molecule has 0 saturated carbocycles. The van der Waals surface area contributed by atoms with Gasteiger partial charge in [-0.2, -0.15) is 0 Å². The van der Waals surface area contributed by atoms with E-state index in [0.29, 0.717) is 29.6 Å². The van der Waals surface area contributed by atoms with Gasteiger partial charge in [-0.05, 0) is 138 Å². The first-order valence-corrected chi connectivity index (χ1v) is 27.0. The molecular weight excluding hydrogens is 861 g/mol.